The molecule has 38 heavy (non-hydrogen) atoms. The molecule has 4 atom stereocenters. The molecular weight excluding hydrogens is 486 g/mol. The van der Waals surface area contributed by atoms with E-state index in [2.05, 4.69) is 30.5 Å². The number of hydrogen-bond donors (Lipinski definition) is 2. The third-order valence-electron chi connectivity index (χ3n) is 8.14. The summed E-state index contributed by atoms with van der Waals surface area (Å²) in [4.78, 5) is 28.6. The van der Waals surface area contributed by atoms with Crippen molar-refractivity contribution in [3.63, 3.8) is 0 Å². The summed E-state index contributed by atoms with van der Waals surface area (Å²) < 4.78 is 21.2. The smallest absolute Gasteiger partial charge is 0.256 e. The van der Waals surface area contributed by atoms with Crippen LogP contribution in [-0.2, 0) is 14.2 Å². The molecule has 7 rings (SSSR count). The van der Waals surface area contributed by atoms with E-state index in [0.29, 0.717) is 28.0 Å². The fourth-order valence-electron chi connectivity index (χ4n) is 6.52. The van der Waals surface area contributed by atoms with Crippen LogP contribution in [0.15, 0.2) is 43.0 Å². The summed E-state index contributed by atoms with van der Waals surface area (Å²) in [5.74, 6) is -0.615. The van der Waals surface area contributed by atoms with Crippen molar-refractivity contribution >= 4 is 22.9 Å². The topological polar surface area (TPSA) is 116 Å². The number of ether oxygens (including phenoxy) is 3. The Bertz CT molecular complexity index is 1330. The quantitative estimate of drug-likeness (QED) is 0.523. The zero-order valence-corrected chi connectivity index (χ0v) is 21.7. The second kappa shape index (κ2) is 9.06. The van der Waals surface area contributed by atoms with Crippen LogP contribution in [0, 0.1) is 5.41 Å². The molecule has 2 aromatic heterocycles. The average molecular weight is 520 g/mol. The lowest BCUT2D eigenvalue weighted by atomic mass is 9.74. The third kappa shape index (κ3) is 4.18. The lowest BCUT2D eigenvalue weighted by Gasteiger charge is -2.53. The van der Waals surface area contributed by atoms with Crippen LogP contribution in [0.3, 0.4) is 0 Å². The van der Waals surface area contributed by atoms with Crippen molar-refractivity contribution in [2.45, 2.75) is 57.0 Å². The van der Waals surface area contributed by atoms with Crippen LogP contribution in [0.4, 0.5) is 5.82 Å². The number of aromatic nitrogens is 4. The van der Waals surface area contributed by atoms with Crippen LogP contribution in [0.5, 0.6) is 0 Å². The van der Waals surface area contributed by atoms with Crippen LogP contribution >= 0.6 is 0 Å². The van der Waals surface area contributed by atoms with E-state index in [-0.39, 0.29) is 24.2 Å². The van der Waals surface area contributed by atoms with Gasteiger partial charge in [-0.1, -0.05) is 18.2 Å². The number of amides is 1. The number of carbonyl (C=O) groups is 1. The number of anilines is 1. The van der Waals surface area contributed by atoms with E-state index in [1.165, 1.54) is 19.2 Å². The Labute approximate surface area is 220 Å². The van der Waals surface area contributed by atoms with Gasteiger partial charge < -0.3 is 24.8 Å². The normalized spacial score (nSPS) is 29.8. The van der Waals surface area contributed by atoms with Crippen molar-refractivity contribution in [3.8, 4) is 0 Å². The Morgan fingerprint density at radius 2 is 1.95 bits per heavy atom. The van der Waals surface area contributed by atoms with Crippen LogP contribution in [-0.4, -0.2) is 87.1 Å². The monoisotopic (exact) mass is 519 g/mol. The van der Waals surface area contributed by atoms with Gasteiger partial charge in [0, 0.05) is 37.2 Å². The molecule has 0 saturated carbocycles. The number of likely N-dealkylation sites (tertiary alicyclic amines) is 1. The van der Waals surface area contributed by atoms with E-state index in [9.17, 15) is 4.79 Å². The lowest BCUT2D eigenvalue weighted by molar-refractivity contribution is -0.200. The van der Waals surface area contributed by atoms with E-state index < -0.39 is 12.0 Å². The predicted octanol–water partition coefficient (Wildman–Crippen LogP) is 2.18. The number of imidazole rings is 1. The van der Waals surface area contributed by atoms with Gasteiger partial charge in [0.2, 0.25) is 0 Å². The number of fused-ring (bicyclic) bond motifs is 2. The number of rotatable bonds is 5. The maximum Gasteiger partial charge on any atom is 0.256 e. The molecule has 4 fully saturated rings. The van der Waals surface area contributed by atoms with Gasteiger partial charge >= 0.3 is 0 Å². The van der Waals surface area contributed by atoms with Crippen LogP contribution in [0.2, 0.25) is 0 Å². The first-order chi connectivity index (χ1) is 18.4. The first kappa shape index (κ1) is 24.1. The Hall–Kier alpha value is -2.96. The number of piperidine rings is 1. The van der Waals surface area contributed by atoms with E-state index in [0.717, 1.165) is 32.7 Å². The minimum atomic E-state index is -0.709. The summed E-state index contributed by atoms with van der Waals surface area (Å²) in [6.45, 7) is 9.06. The molecule has 1 aromatic carbocycles. The van der Waals surface area contributed by atoms with Gasteiger partial charge in [-0.05, 0) is 45.4 Å². The molecule has 11 heteroatoms. The molecular formula is C27H33N7O4. The molecule has 2 N–H and O–H groups in total. The lowest BCUT2D eigenvalue weighted by Crippen LogP contribution is -2.63. The SMILES string of the molecule is CC1(C)O[C@@H]2[C@H](O1)[C@@H](CN1CC3(CCCNC3)C1)O[C@H]2n1cnc2c(NC(=O)c3ccccc3)ncnc21. The summed E-state index contributed by atoms with van der Waals surface area (Å²) in [7, 11) is 0. The van der Waals surface area contributed by atoms with Crippen molar-refractivity contribution in [3.05, 3.63) is 48.5 Å². The van der Waals surface area contributed by atoms with Gasteiger partial charge in [0.1, 0.15) is 24.6 Å². The van der Waals surface area contributed by atoms with Gasteiger partial charge in [-0.15, -0.1) is 0 Å². The highest BCUT2D eigenvalue weighted by Gasteiger charge is 2.57. The van der Waals surface area contributed by atoms with Gasteiger partial charge in [0.05, 0.1) is 6.33 Å². The molecule has 200 valence electrons. The minimum Gasteiger partial charge on any atom is -0.348 e. The molecule has 0 unspecified atom stereocenters. The molecule has 4 saturated heterocycles. The summed E-state index contributed by atoms with van der Waals surface area (Å²) in [6, 6.07) is 9.01. The second-order valence-electron chi connectivity index (χ2n) is 11.4. The van der Waals surface area contributed by atoms with E-state index in [1.54, 1.807) is 18.5 Å². The highest BCUT2D eigenvalue weighted by atomic mass is 16.8. The average Bonchev–Trinajstić information content (AvgIpc) is 3.56. The molecule has 6 heterocycles. The highest BCUT2D eigenvalue weighted by Crippen LogP contribution is 2.45. The van der Waals surface area contributed by atoms with Crippen molar-refractivity contribution < 1.29 is 19.0 Å². The molecule has 1 amide bonds. The zero-order chi connectivity index (χ0) is 25.9. The van der Waals surface area contributed by atoms with E-state index >= 15 is 0 Å². The Kier molecular flexibility index (Phi) is 5.75. The first-order valence-corrected chi connectivity index (χ1v) is 13.4. The number of hydrogen-bond acceptors (Lipinski definition) is 9. The predicted molar refractivity (Wildman–Crippen MR) is 138 cm³/mol. The fourth-order valence-corrected chi connectivity index (χ4v) is 6.52. The molecule has 4 aliphatic heterocycles. The van der Waals surface area contributed by atoms with Crippen molar-refractivity contribution in [2.24, 2.45) is 5.41 Å². The zero-order valence-electron chi connectivity index (χ0n) is 21.7. The number of carbonyl (C=O) groups excluding carboxylic acids is 1. The maximum absolute atomic E-state index is 12.8. The van der Waals surface area contributed by atoms with Crippen molar-refractivity contribution in [1.82, 2.24) is 29.7 Å². The maximum atomic E-state index is 12.8. The molecule has 11 nitrogen and oxygen atoms in total. The fraction of sp³-hybridized carbons (Fsp3) is 0.556. The number of nitrogens with zero attached hydrogens (tertiary/aromatic N) is 5. The molecule has 0 bridgehead atoms. The van der Waals surface area contributed by atoms with Gasteiger partial charge in [0.25, 0.3) is 5.91 Å². The Morgan fingerprint density at radius 3 is 2.74 bits per heavy atom. The molecule has 1 spiro atoms. The van der Waals surface area contributed by atoms with E-state index in [1.807, 2.05) is 36.6 Å². The molecule has 0 radical (unpaired) electrons. The van der Waals surface area contributed by atoms with Crippen LogP contribution < -0.4 is 10.6 Å². The van der Waals surface area contributed by atoms with Crippen LogP contribution in [0.25, 0.3) is 11.2 Å². The first-order valence-electron chi connectivity index (χ1n) is 13.4. The summed E-state index contributed by atoms with van der Waals surface area (Å²) >= 11 is 0. The van der Waals surface area contributed by atoms with Gasteiger partial charge in [-0.3, -0.25) is 14.3 Å². The largest absolute Gasteiger partial charge is 0.348 e. The summed E-state index contributed by atoms with van der Waals surface area (Å²) in [5, 5.41) is 6.42. The van der Waals surface area contributed by atoms with Gasteiger partial charge in [-0.2, -0.15) is 0 Å². The van der Waals surface area contributed by atoms with Gasteiger partial charge in [-0.25, -0.2) is 15.0 Å². The van der Waals surface area contributed by atoms with E-state index in [4.69, 9.17) is 14.2 Å². The number of benzene rings is 1. The Balaban J connectivity index is 1.12. The molecule has 3 aromatic rings. The summed E-state index contributed by atoms with van der Waals surface area (Å²) in [5.41, 5.74) is 2.00. The Morgan fingerprint density at radius 1 is 1.13 bits per heavy atom. The standard InChI is InChI=1S/C27H33N7O4/c1-26(2)37-20-18(11-33-13-27(14-33)9-6-10-28-12-27)36-25(21(20)38-26)34-16-31-19-22(29-15-30-23(19)34)32-24(35)17-7-4-3-5-8-17/h3-5,7-8,15-16,18,20-21,25,28H,6,9-14H2,1-2H3,(H,29,30,32,35)/t18-,20-,21-,25-/m1/s1. The van der Waals surface area contributed by atoms with Crippen molar-refractivity contribution in [1.29, 1.82) is 0 Å². The summed E-state index contributed by atoms with van der Waals surface area (Å²) in [6.07, 6.45) is 4.53. The minimum absolute atomic E-state index is 0.141. The number of nitrogens with one attached hydrogen (secondary N) is 2. The molecule has 0 aliphatic carbocycles. The van der Waals surface area contributed by atoms with Crippen molar-refractivity contribution in [2.75, 3.05) is 38.0 Å². The molecule has 4 aliphatic rings. The van der Waals surface area contributed by atoms with Gasteiger partial charge in [0.15, 0.2) is 29.0 Å². The third-order valence-corrected chi connectivity index (χ3v) is 8.14. The second-order valence-corrected chi connectivity index (χ2v) is 11.4. The van der Waals surface area contributed by atoms with Crippen LogP contribution in [0.1, 0.15) is 43.3 Å². The highest BCUT2D eigenvalue weighted by molar-refractivity contribution is 6.06.